The Hall–Kier alpha value is -0.0500. The first kappa shape index (κ1) is 12.4. The van der Waals surface area contributed by atoms with Crippen molar-refractivity contribution in [1.29, 1.82) is 0 Å². The first-order valence-corrected chi connectivity index (χ1v) is 6.74. The molecule has 0 bridgehead atoms. The van der Waals surface area contributed by atoms with E-state index < -0.39 is 0 Å². The van der Waals surface area contributed by atoms with Crippen LogP contribution in [0.5, 0.6) is 0 Å². The molecule has 0 amide bonds. The summed E-state index contributed by atoms with van der Waals surface area (Å²) in [7, 11) is 0. The third-order valence-electron chi connectivity index (χ3n) is 3.46. The SMILES string of the molecule is CC1(C)C(Cl)CC1OCc1ccccc1Br. The number of hydrogen-bond acceptors (Lipinski definition) is 1. The van der Waals surface area contributed by atoms with Crippen molar-refractivity contribution in [3.63, 3.8) is 0 Å². The molecule has 1 saturated carbocycles. The number of halogens is 2. The molecule has 2 unspecified atom stereocenters. The molecule has 3 heteroatoms. The van der Waals surface area contributed by atoms with Crippen LogP contribution in [0.15, 0.2) is 28.7 Å². The Morgan fingerprint density at radius 1 is 1.44 bits per heavy atom. The van der Waals surface area contributed by atoms with Crippen molar-refractivity contribution in [2.24, 2.45) is 5.41 Å². The van der Waals surface area contributed by atoms with E-state index in [9.17, 15) is 0 Å². The standard InChI is InChI=1S/C13H16BrClO/c1-13(2)11(15)7-12(13)16-8-9-5-3-4-6-10(9)14/h3-6,11-12H,7-8H2,1-2H3. The van der Waals surface area contributed by atoms with Gasteiger partial charge in [-0.25, -0.2) is 0 Å². The van der Waals surface area contributed by atoms with Gasteiger partial charge in [0.25, 0.3) is 0 Å². The molecule has 88 valence electrons. The highest BCUT2D eigenvalue weighted by molar-refractivity contribution is 9.10. The lowest BCUT2D eigenvalue weighted by Crippen LogP contribution is -2.51. The monoisotopic (exact) mass is 302 g/mol. The van der Waals surface area contributed by atoms with E-state index in [4.69, 9.17) is 16.3 Å². The Morgan fingerprint density at radius 2 is 2.12 bits per heavy atom. The first-order chi connectivity index (χ1) is 7.51. The topological polar surface area (TPSA) is 9.23 Å². The van der Waals surface area contributed by atoms with Gasteiger partial charge in [0.15, 0.2) is 0 Å². The molecule has 16 heavy (non-hydrogen) atoms. The molecule has 0 radical (unpaired) electrons. The fourth-order valence-corrected chi connectivity index (χ4v) is 2.63. The lowest BCUT2D eigenvalue weighted by molar-refractivity contribution is -0.0968. The normalized spacial score (nSPS) is 27.5. The van der Waals surface area contributed by atoms with Crippen LogP contribution in [0.4, 0.5) is 0 Å². The Bertz CT molecular complexity index is 378. The summed E-state index contributed by atoms with van der Waals surface area (Å²) in [4.78, 5) is 0. The van der Waals surface area contributed by atoms with Gasteiger partial charge in [-0.15, -0.1) is 11.6 Å². The summed E-state index contributed by atoms with van der Waals surface area (Å²) in [6.07, 6.45) is 1.24. The van der Waals surface area contributed by atoms with Crippen molar-refractivity contribution >= 4 is 27.5 Å². The van der Waals surface area contributed by atoms with Crippen molar-refractivity contribution in [3.8, 4) is 0 Å². The van der Waals surface area contributed by atoms with Gasteiger partial charge in [0.1, 0.15) is 0 Å². The Kier molecular flexibility index (Phi) is 3.62. The lowest BCUT2D eigenvalue weighted by atomic mass is 9.68. The van der Waals surface area contributed by atoms with Crippen LogP contribution in [0, 0.1) is 5.41 Å². The summed E-state index contributed by atoms with van der Waals surface area (Å²) in [5.41, 5.74) is 1.29. The predicted molar refractivity (Wildman–Crippen MR) is 70.8 cm³/mol. The minimum Gasteiger partial charge on any atom is -0.373 e. The Morgan fingerprint density at radius 3 is 2.69 bits per heavy atom. The molecule has 2 rings (SSSR count). The molecule has 1 aromatic rings. The van der Waals surface area contributed by atoms with Gasteiger partial charge in [-0.05, 0) is 18.1 Å². The molecule has 2 atom stereocenters. The van der Waals surface area contributed by atoms with Crippen LogP contribution in [0.25, 0.3) is 0 Å². The number of ether oxygens (including phenoxy) is 1. The highest BCUT2D eigenvalue weighted by Gasteiger charge is 2.47. The molecule has 0 aliphatic heterocycles. The number of rotatable bonds is 3. The summed E-state index contributed by atoms with van der Waals surface area (Å²) in [6.45, 7) is 4.98. The summed E-state index contributed by atoms with van der Waals surface area (Å²) < 4.78 is 7.02. The van der Waals surface area contributed by atoms with E-state index in [-0.39, 0.29) is 16.9 Å². The molecule has 1 nitrogen and oxygen atoms in total. The van der Waals surface area contributed by atoms with Gasteiger partial charge in [0.2, 0.25) is 0 Å². The zero-order chi connectivity index (χ0) is 11.8. The molecule has 1 fully saturated rings. The molecule has 0 aromatic heterocycles. The molecule has 0 heterocycles. The van der Waals surface area contributed by atoms with Gasteiger partial charge in [0.05, 0.1) is 12.7 Å². The number of alkyl halides is 1. The van der Waals surface area contributed by atoms with E-state index in [2.05, 4.69) is 35.8 Å². The average Bonchev–Trinajstić information content (AvgIpc) is 2.26. The van der Waals surface area contributed by atoms with Gasteiger partial charge in [0, 0.05) is 15.3 Å². The summed E-state index contributed by atoms with van der Waals surface area (Å²) in [5, 5.41) is 0.247. The third kappa shape index (κ3) is 2.29. The first-order valence-electron chi connectivity index (χ1n) is 5.51. The maximum Gasteiger partial charge on any atom is 0.0731 e. The van der Waals surface area contributed by atoms with Crippen LogP contribution in [0.3, 0.4) is 0 Å². The van der Waals surface area contributed by atoms with Crippen LogP contribution >= 0.6 is 27.5 Å². The third-order valence-corrected chi connectivity index (χ3v) is 4.97. The second-order valence-electron chi connectivity index (χ2n) is 4.92. The zero-order valence-corrected chi connectivity index (χ0v) is 11.9. The van der Waals surface area contributed by atoms with E-state index in [1.165, 1.54) is 5.56 Å². The fraction of sp³-hybridized carbons (Fsp3) is 0.538. The largest absolute Gasteiger partial charge is 0.373 e. The summed E-state index contributed by atoms with van der Waals surface area (Å²) in [6, 6.07) is 8.15. The molecular weight excluding hydrogens is 287 g/mol. The highest BCUT2D eigenvalue weighted by atomic mass is 79.9. The average molecular weight is 304 g/mol. The van der Waals surface area contributed by atoms with Crippen LogP contribution < -0.4 is 0 Å². The van der Waals surface area contributed by atoms with Gasteiger partial charge in [-0.2, -0.15) is 0 Å². The van der Waals surface area contributed by atoms with Gasteiger partial charge in [-0.3, -0.25) is 0 Å². The van der Waals surface area contributed by atoms with E-state index in [1.54, 1.807) is 0 Å². The van der Waals surface area contributed by atoms with Crippen LogP contribution in [0.1, 0.15) is 25.8 Å². The molecule has 0 N–H and O–H groups in total. The van der Waals surface area contributed by atoms with Crippen LogP contribution in [0.2, 0.25) is 0 Å². The number of hydrogen-bond donors (Lipinski definition) is 0. The highest BCUT2D eigenvalue weighted by Crippen LogP contribution is 2.46. The second-order valence-corrected chi connectivity index (χ2v) is 6.30. The van der Waals surface area contributed by atoms with Gasteiger partial charge < -0.3 is 4.74 Å². The van der Waals surface area contributed by atoms with E-state index in [0.717, 1.165) is 10.9 Å². The molecule has 1 aliphatic carbocycles. The molecule has 1 aromatic carbocycles. The van der Waals surface area contributed by atoms with Crippen molar-refractivity contribution < 1.29 is 4.74 Å². The maximum atomic E-state index is 6.16. The quantitative estimate of drug-likeness (QED) is 0.753. The van der Waals surface area contributed by atoms with Gasteiger partial charge >= 0.3 is 0 Å². The number of benzene rings is 1. The van der Waals surface area contributed by atoms with Crippen molar-refractivity contribution in [3.05, 3.63) is 34.3 Å². The zero-order valence-electron chi connectivity index (χ0n) is 9.54. The maximum absolute atomic E-state index is 6.16. The molecule has 1 aliphatic rings. The van der Waals surface area contributed by atoms with Crippen molar-refractivity contribution in [2.75, 3.05) is 0 Å². The van der Waals surface area contributed by atoms with Crippen molar-refractivity contribution in [2.45, 2.75) is 38.4 Å². The van der Waals surface area contributed by atoms with Gasteiger partial charge in [-0.1, -0.05) is 48.0 Å². The summed E-state index contributed by atoms with van der Waals surface area (Å²) >= 11 is 9.68. The smallest absolute Gasteiger partial charge is 0.0731 e. The van der Waals surface area contributed by atoms with E-state index in [0.29, 0.717) is 6.61 Å². The Labute approximate surface area is 110 Å². The minimum atomic E-state index is 0.100. The Balaban J connectivity index is 1.92. The van der Waals surface area contributed by atoms with Crippen LogP contribution in [-0.2, 0) is 11.3 Å². The second kappa shape index (κ2) is 4.67. The molecule has 0 spiro atoms. The van der Waals surface area contributed by atoms with Crippen molar-refractivity contribution in [1.82, 2.24) is 0 Å². The minimum absolute atomic E-state index is 0.100. The predicted octanol–water partition coefficient (Wildman–Crippen LogP) is 4.37. The van der Waals surface area contributed by atoms with E-state index >= 15 is 0 Å². The molecular formula is C13H16BrClO. The lowest BCUT2D eigenvalue weighted by Gasteiger charge is -2.48. The van der Waals surface area contributed by atoms with Crippen LogP contribution in [-0.4, -0.2) is 11.5 Å². The summed E-state index contributed by atoms with van der Waals surface area (Å²) in [5.74, 6) is 0. The molecule has 0 saturated heterocycles. The van der Waals surface area contributed by atoms with E-state index in [1.807, 2.05) is 18.2 Å². The fourth-order valence-electron chi connectivity index (χ4n) is 1.93.